The van der Waals surface area contributed by atoms with Crippen LogP contribution in [0.5, 0.6) is 0 Å². The number of nitro benzene ring substituents is 1. The summed E-state index contributed by atoms with van der Waals surface area (Å²) in [5.74, 6) is -0.595. The molecule has 0 aliphatic heterocycles. The van der Waals surface area contributed by atoms with Crippen LogP contribution >= 0.6 is 0 Å². The van der Waals surface area contributed by atoms with E-state index in [0.29, 0.717) is 11.0 Å². The molecule has 8 nitrogen and oxygen atoms in total. The van der Waals surface area contributed by atoms with Crippen molar-refractivity contribution in [2.75, 3.05) is 6.61 Å². The first-order valence-corrected chi connectivity index (χ1v) is 6.88. The van der Waals surface area contributed by atoms with Gasteiger partial charge in [-0.15, -0.1) is 0 Å². The summed E-state index contributed by atoms with van der Waals surface area (Å²) >= 11 is 0. The summed E-state index contributed by atoms with van der Waals surface area (Å²) < 4.78 is 6.28. The summed E-state index contributed by atoms with van der Waals surface area (Å²) in [4.78, 5) is 27.0. The Kier molecular flexibility index (Phi) is 3.71. The van der Waals surface area contributed by atoms with Gasteiger partial charge in [0.25, 0.3) is 5.69 Å². The standard InChI is InChI=1S/C15H12N4O4/c1-2-23-15(20)13-10-6-5-9-16-14(10)18(17-13)11-7-3-4-8-12(11)19(21)22/h3-9H,2H2,1H3. The number of hydrogen-bond acceptors (Lipinski definition) is 6. The number of hydrogen-bond donors (Lipinski definition) is 0. The smallest absolute Gasteiger partial charge is 0.359 e. The maximum atomic E-state index is 12.1. The fourth-order valence-corrected chi connectivity index (χ4v) is 2.27. The molecular weight excluding hydrogens is 300 g/mol. The number of ether oxygens (including phenoxy) is 1. The Morgan fingerprint density at radius 2 is 2.09 bits per heavy atom. The molecule has 8 heteroatoms. The van der Waals surface area contributed by atoms with Gasteiger partial charge in [-0.3, -0.25) is 10.1 Å². The fraction of sp³-hybridized carbons (Fsp3) is 0.133. The second kappa shape index (κ2) is 5.84. The number of rotatable bonds is 4. The van der Waals surface area contributed by atoms with E-state index in [0.717, 1.165) is 0 Å². The molecule has 2 aromatic heterocycles. The number of nitrogens with zero attached hydrogens (tertiary/aromatic N) is 4. The monoisotopic (exact) mass is 312 g/mol. The third kappa shape index (κ3) is 2.50. The molecule has 0 fully saturated rings. The molecule has 0 spiro atoms. The van der Waals surface area contributed by atoms with Gasteiger partial charge in [0.05, 0.1) is 16.9 Å². The summed E-state index contributed by atoms with van der Waals surface area (Å²) in [6, 6.07) is 9.48. The van der Waals surface area contributed by atoms with E-state index in [4.69, 9.17) is 4.74 Å². The number of fused-ring (bicyclic) bond motifs is 1. The van der Waals surface area contributed by atoms with E-state index in [1.54, 1.807) is 37.3 Å². The summed E-state index contributed by atoms with van der Waals surface area (Å²) in [6.07, 6.45) is 1.53. The highest BCUT2D eigenvalue weighted by molar-refractivity contribution is 6.01. The number of esters is 1. The second-order valence-electron chi connectivity index (χ2n) is 4.60. The van der Waals surface area contributed by atoms with Crippen LogP contribution < -0.4 is 0 Å². The topological polar surface area (TPSA) is 100 Å². The number of carbonyl (C=O) groups is 1. The number of benzene rings is 1. The predicted molar refractivity (Wildman–Crippen MR) is 81.5 cm³/mol. The van der Waals surface area contributed by atoms with Gasteiger partial charge in [0.15, 0.2) is 11.3 Å². The number of aromatic nitrogens is 3. The molecule has 0 unspecified atom stereocenters. The zero-order valence-corrected chi connectivity index (χ0v) is 12.2. The zero-order chi connectivity index (χ0) is 16.4. The minimum Gasteiger partial charge on any atom is -0.461 e. The Morgan fingerprint density at radius 3 is 2.83 bits per heavy atom. The Morgan fingerprint density at radius 1 is 1.30 bits per heavy atom. The van der Waals surface area contributed by atoms with E-state index >= 15 is 0 Å². The van der Waals surface area contributed by atoms with Gasteiger partial charge in [0.1, 0.15) is 5.69 Å². The Bertz CT molecular complexity index is 903. The first kappa shape index (κ1) is 14.6. The lowest BCUT2D eigenvalue weighted by atomic mass is 10.2. The molecule has 0 aliphatic carbocycles. The van der Waals surface area contributed by atoms with Gasteiger partial charge in [-0.25, -0.2) is 14.5 Å². The Balaban J connectivity index is 2.27. The molecule has 0 aliphatic rings. The van der Waals surface area contributed by atoms with Gasteiger partial charge in [-0.2, -0.15) is 5.10 Å². The number of pyridine rings is 1. The molecule has 2 heterocycles. The van der Waals surface area contributed by atoms with Crippen LogP contribution in [0.3, 0.4) is 0 Å². The van der Waals surface area contributed by atoms with Crippen LogP contribution in [0.1, 0.15) is 17.4 Å². The molecule has 116 valence electrons. The predicted octanol–water partition coefficient (Wildman–Crippen LogP) is 2.51. The molecular formula is C15H12N4O4. The van der Waals surface area contributed by atoms with E-state index in [1.807, 2.05) is 0 Å². The normalized spacial score (nSPS) is 10.7. The van der Waals surface area contributed by atoms with Crippen molar-refractivity contribution in [2.45, 2.75) is 6.92 Å². The number of para-hydroxylation sites is 2. The van der Waals surface area contributed by atoms with Crippen LogP contribution in [0.4, 0.5) is 5.69 Å². The largest absolute Gasteiger partial charge is 0.461 e. The Labute approximate surface area is 130 Å². The highest BCUT2D eigenvalue weighted by Crippen LogP contribution is 2.26. The van der Waals surface area contributed by atoms with Crippen LogP contribution in [0.25, 0.3) is 16.7 Å². The van der Waals surface area contributed by atoms with Crippen molar-refractivity contribution in [1.82, 2.24) is 14.8 Å². The average Bonchev–Trinajstić information content (AvgIpc) is 2.94. The van der Waals surface area contributed by atoms with E-state index in [-0.39, 0.29) is 23.7 Å². The molecule has 0 amide bonds. The first-order chi connectivity index (χ1) is 11.1. The van der Waals surface area contributed by atoms with Crippen LogP contribution in [-0.2, 0) is 4.74 Å². The van der Waals surface area contributed by atoms with Crippen molar-refractivity contribution in [3.63, 3.8) is 0 Å². The summed E-state index contributed by atoms with van der Waals surface area (Å²) in [7, 11) is 0. The van der Waals surface area contributed by atoms with Gasteiger partial charge in [-0.05, 0) is 25.1 Å². The van der Waals surface area contributed by atoms with Crippen LogP contribution in [-0.4, -0.2) is 32.3 Å². The highest BCUT2D eigenvalue weighted by Gasteiger charge is 2.23. The third-order valence-electron chi connectivity index (χ3n) is 3.22. The Hall–Kier alpha value is -3.29. The summed E-state index contributed by atoms with van der Waals surface area (Å²) in [5.41, 5.74) is 0.535. The average molecular weight is 312 g/mol. The van der Waals surface area contributed by atoms with Crippen molar-refractivity contribution >= 4 is 22.7 Å². The van der Waals surface area contributed by atoms with Crippen LogP contribution in [0.15, 0.2) is 42.6 Å². The first-order valence-electron chi connectivity index (χ1n) is 6.88. The fourth-order valence-electron chi connectivity index (χ4n) is 2.27. The van der Waals surface area contributed by atoms with E-state index in [9.17, 15) is 14.9 Å². The lowest BCUT2D eigenvalue weighted by molar-refractivity contribution is -0.384. The van der Waals surface area contributed by atoms with Crippen molar-refractivity contribution in [3.05, 3.63) is 58.4 Å². The minimum absolute atomic E-state index is 0.0769. The minimum atomic E-state index is -0.595. The van der Waals surface area contributed by atoms with Crippen molar-refractivity contribution in [2.24, 2.45) is 0 Å². The van der Waals surface area contributed by atoms with Crippen LogP contribution in [0.2, 0.25) is 0 Å². The third-order valence-corrected chi connectivity index (χ3v) is 3.22. The van der Waals surface area contributed by atoms with Gasteiger partial charge in [0, 0.05) is 12.3 Å². The zero-order valence-electron chi connectivity index (χ0n) is 12.2. The molecule has 3 rings (SSSR count). The molecule has 0 bridgehead atoms. The highest BCUT2D eigenvalue weighted by atomic mass is 16.6. The summed E-state index contributed by atoms with van der Waals surface area (Å²) in [5, 5.41) is 15.9. The SMILES string of the molecule is CCOC(=O)c1nn(-c2ccccc2[N+](=O)[O-])c2ncccc12. The van der Waals surface area contributed by atoms with Gasteiger partial charge >= 0.3 is 5.97 Å². The van der Waals surface area contributed by atoms with Crippen molar-refractivity contribution in [3.8, 4) is 5.69 Å². The molecule has 0 N–H and O–H groups in total. The molecule has 23 heavy (non-hydrogen) atoms. The molecule has 0 radical (unpaired) electrons. The second-order valence-corrected chi connectivity index (χ2v) is 4.60. The molecule has 0 atom stereocenters. The van der Waals surface area contributed by atoms with Crippen molar-refractivity contribution in [1.29, 1.82) is 0 Å². The lowest BCUT2D eigenvalue weighted by Crippen LogP contribution is -2.07. The molecule has 0 saturated carbocycles. The van der Waals surface area contributed by atoms with Gasteiger partial charge in [0.2, 0.25) is 0 Å². The van der Waals surface area contributed by atoms with Gasteiger partial charge in [-0.1, -0.05) is 12.1 Å². The molecule has 0 saturated heterocycles. The van der Waals surface area contributed by atoms with Gasteiger partial charge < -0.3 is 4.74 Å². The molecule has 1 aromatic carbocycles. The van der Waals surface area contributed by atoms with Crippen LogP contribution in [0, 0.1) is 10.1 Å². The maximum Gasteiger partial charge on any atom is 0.359 e. The van der Waals surface area contributed by atoms with E-state index < -0.39 is 10.9 Å². The maximum absolute atomic E-state index is 12.1. The number of nitro groups is 1. The molecule has 3 aromatic rings. The summed E-state index contributed by atoms with van der Waals surface area (Å²) in [6.45, 7) is 1.90. The number of carbonyl (C=O) groups excluding carboxylic acids is 1. The van der Waals surface area contributed by atoms with E-state index in [1.165, 1.54) is 16.9 Å². The quantitative estimate of drug-likeness (QED) is 0.417. The lowest BCUT2D eigenvalue weighted by Gasteiger charge is -2.03. The van der Waals surface area contributed by atoms with Crippen molar-refractivity contribution < 1.29 is 14.5 Å². The van der Waals surface area contributed by atoms with E-state index in [2.05, 4.69) is 10.1 Å².